The van der Waals surface area contributed by atoms with E-state index in [4.69, 9.17) is 24.4 Å². The van der Waals surface area contributed by atoms with Crippen molar-refractivity contribution in [2.45, 2.75) is 0 Å². The van der Waals surface area contributed by atoms with Crippen LogP contribution in [0.1, 0.15) is 0 Å². The van der Waals surface area contributed by atoms with E-state index < -0.39 is 0 Å². The van der Waals surface area contributed by atoms with Gasteiger partial charge in [-0.2, -0.15) is 0 Å². The Morgan fingerprint density at radius 1 is 0.347 bits per heavy atom. The first-order valence-corrected chi connectivity index (χ1v) is 16.3. The summed E-state index contributed by atoms with van der Waals surface area (Å²) in [4.78, 5) is 19.9. The summed E-state index contributed by atoms with van der Waals surface area (Å²) in [7, 11) is 0. The van der Waals surface area contributed by atoms with Crippen LogP contribution in [-0.4, -0.2) is 19.9 Å². The highest BCUT2D eigenvalue weighted by molar-refractivity contribution is 6.26. The van der Waals surface area contributed by atoms with Crippen molar-refractivity contribution in [3.63, 3.8) is 0 Å². The van der Waals surface area contributed by atoms with Gasteiger partial charge in [0.05, 0.1) is 0 Å². The lowest BCUT2D eigenvalue weighted by Gasteiger charge is -2.11. The Bertz CT molecular complexity index is 2880. The largest absolute Gasteiger partial charge is 0.435 e. The molecule has 5 heteroatoms. The molecule has 0 aliphatic carbocycles. The molecular weight excluding hydrogens is 601 g/mol. The quantitative estimate of drug-likeness (QED) is 0.182. The van der Waals surface area contributed by atoms with Gasteiger partial charge < -0.3 is 4.42 Å². The maximum atomic E-state index is 6.52. The number of aromatic nitrogens is 4. The van der Waals surface area contributed by atoms with Crippen molar-refractivity contribution in [2.24, 2.45) is 0 Å². The van der Waals surface area contributed by atoms with Gasteiger partial charge in [0.1, 0.15) is 5.52 Å². The molecule has 0 aliphatic heterocycles. The van der Waals surface area contributed by atoms with E-state index in [0.717, 1.165) is 71.1 Å². The predicted octanol–water partition coefficient (Wildman–Crippen LogP) is 11.3. The molecule has 0 amide bonds. The second kappa shape index (κ2) is 10.9. The molecule has 5 nitrogen and oxygen atoms in total. The van der Waals surface area contributed by atoms with Crippen molar-refractivity contribution in [1.82, 2.24) is 19.9 Å². The smallest absolute Gasteiger partial charge is 0.227 e. The first-order valence-electron chi connectivity index (χ1n) is 16.3. The van der Waals surface area contributed by atoms with Crippen molar-refractivity contribution in [1.29, 1.82) is 0 Å². The average molecular weight is 627 g/mol. The van der Waals surface area contributed by atoms with Gasteiger partial charge in [-0.15, -0.1) is 0 Å². The summed E-state index contributed by atoms with van der Waals surface area (Å²) in [6.07, 6.45) is 0. The summed E-state index contributed by atoms with van der Waals surface area (Å²) in [6, 6.07) is 54.2. The fourth-order valence-electron chi connectivity index (χ4n) is 6.87. The Balaban J connectivity index is 1.17. The van der Waals surface area contributed by atoms with Gasteiger partial charge in [-0.05, 0) is 62.6 Å². The zero-order chi connectivity index (χ0) is 32.3. The first-order chi connectivity index (χ1) is 24.2. The lowest BCUT2D eigenvalue weighted by molar-refractivity contribution is 0.623. The molecule has 49 heavy (non-hydrogen) atoms. The van der Waals surface area contributed by atoms with Crippen molar-refractivity contribution in [3.05, 3.63) is 158 Å². The molecule has 0 fully saturated rings. The van der Waals surface area contributed by atoms with Crippen molar-refractivity contribution >= 4 is 54.2 Å². The minimum atomic E-state index is 0.619. The standard InChI is InChI=1S/C44H26N4O/c1-3-10-30(11-4-1)41-46-42(34-20-15-27-9-7-8-14-32(27)25-34)48-43(47-41)35-21-23-36-33(26-35)19-18-28-16-17-29-22-24-37-40(39(29)38(28)36)49-44(45-37)31-12-5-2-6-13-31/h1-26H. The molecule has 8 aromatic carbocycles. The number of benzene rings is 8. The van der Waals surface area contributed by atoms with Gasteiger partial charge in [-0.25, -0.2) is 19.9 Å². The SMILES string of the molecule is c1ccc(-c2nc(-c3ccc4ccccc4c3)nc(-c3ccc4c(ccc5ccc6ccc7nc(-c8ccccc8)oc7c6c54)c3)n2)cc1. The van der Waals surface area contributed by atoms with Gasteiger partial charge in [-0.3, -0.25) is 0 Å². The maximum Gasteiger partial charge on any atom is 0.227 e. The molecule has 0 radical (unpaired) electrons. The van der Waals surface area contributed by atoms with Gasteiger partial charge in [-0.1, -0.05) is 127 Å². The summed E-state index contributed by atoms with van der Waals surface area (Å²) in [5.74, 6) is 2.53. The number of rotatable bonds is 4. The van der Waals surface area contributed by atoms with Crippen LogP contribution >= 0.6 is 0 Å². The topological polar surface area (TPSA) is 64.7 Å². The molecule has 0 N–H and O–H groups in total. The van der Waals surface area contributed by atoms with Crippen molar-refractivity contribution in [3.8, 4) is 45.6 Å². The Morgan fingerprint density at radius 2 is 0.878 bits per heavy atom. The van der Waals surface area contributed by atoms with E-state index in [1.807, 2.05) is 66.7 Å². The number of fused-ring (bicyclic) bond motifs is 8. The summed E-state index contributed by atoms with van der Waals surface area (Å²) in [6.45, 7) is 0. The zero-order valence-electron chi connectivity index (χ0n) is 26.2. The Kier molecular flexibility index (Phi) is 6.11. The summed E-state index contributed by atoms with van der Waals surface area (Å²) in [5, 5.41) is 8.99. The molecular formula is C44H26N4O. The third kappa shape index (κ3) is 4.63. The van der Waals surface area contributed by atoms with Crippen LogP contribution in [0.2, 0.25) is 0 Å². The fourth-order valence-corrected chi connectivity index (χ4v) is 6.87. The Labute approximate surface area is 281 Å². The average Bonchev–Trinajstić information content (AvgIpc) is 3.63. The number of hydrogen-bond acceptors (Lipinski definition) is 5. The van der Waals surface area contributed by atoms with Gasteiger partial charge >= 0.3 is 0 Å². The molecule has 0 saturated heterocycles. The summed E-state index contributed by atoms with van der Waals surface area (Å²) >= 11 is 0. The Morgan fingerprint density at radius 3 is 1.61 bits per heavy atom. The highest BCUT2D eigenvalue weighted by atomic mass is 16.3. The van der Waals surface area contributed by atoms with E-state index in [0.29, 0.717) is 23.4 Å². The van der Waals surface area contributed by atoms with E-state index in [9.17, 15) is 0 Å². The molecule has 228 valence electrons. The van der Waals surface area contributed by atoms with Crippen molar-refractivity contribution < 1.29 is 4.42 Å². The molecule has 0 saturated carbocycles. The van der Waals surface area contributed by atoms with E-state index >= 15 is 0 Å². The molecule has 0 spiro atoms. The van der Waals surface area contributed by atoms with Crippen LogP contribution in [-0.2, 0) is 0 Å². The van der Waals surface area contributed by atoms with Crippen molar-refractivity contribution in [2.75, 3.05) is 0 Å². The second-order valence-corrected chi connectivity index (χ2v) is 12.3. The zero-order valence-corrected chi connectivity index (χ0v) is 26.2. The molecule has 2 aromatic heterocycles. The summed E-state index contributed by atoms with van der Waals surface area (Å²) < 4.78 is 6.52. The predicted molar refractivity (Wildman–Crippen MR) is 199 cm³/mol. The minimum absolute atomic E-state index is 0.619. The molecule has 0 aliphatic rings. The normalized spacial score (nSPS) is 11.7. The number of hydrogen-bond donors (Lipinski definition) is 0. The first kappa shape index (κ1) is 27.4. The highest BCUT2D eigenvalue weighted by Gasteiger charge is 2.17. The Hall–Kier alpha value is -6.72. The molecule has 10 aromatic rings. The molecule has 0 unspecified atom stereocenters. The van der Waals surface area contributed by atoms with E-state index in [1.165, 1.54) is 5.39 Å². The number of oxazole rings is 1. The lowest BCUT2D eigenvalue weighted by atomic mass is 9.95. The van der Waals surface area contributed by atoms with E-state index in [2.05, 4.69) is 91.0 Å². The summed E-state index contributed by atoms with van der Waals surface area (Å²) in [5.41, 5.74) is 5.40. The number of nitrogens with zero attached hydrogens (tertiary/aromatic N) is 4. The van der Waals surface area contributed by atoms with Crippen LogP contribution in [0.3, 0.4) is 0 Å². The highest BCUT2D eigenvalue weighted by Crippen LogP contribution is 2.39. The lowest BCUT2D eigenvalue weighted by Crippen LogP contribution is -2.00. The second-order valence-electron chi connectivity index (χ2n) is 12.3. The van der Waals surface area contributed by atoms with Crippen LogP contribution in [0, 0.1) is 0 Å². The molecule has 0 atom stereocenters. The monoisotopic (exact) mass is 626 g/mol. The van der Waals surface area contributed by atoms with Gasteiger partial charge in [0.15, 0.2) is 23.1 Å². The van der Waals surface area contributed by atoms with Gasteiger partial charge in [0, 0.05) is 33.0 Å². The fraction of sp³-hybridized carbons (Fsp3) is 0. The molecule has 10 rings (SSSR count). The molecule has 0 bridgehead atoms. The minimum Gasteiger partial charge on any atom is -0.435 e. The molecule has 2 heterocycles. The van der Waals surface area contributed by atoms with E-state index in [-0.39, 0.29) is 0 Å². The van der Waals surface area contributed by atoms with Crippen LogP contribution in [0.5, 0.6) is 0 Å². The van der Waals surface area contributed by atoms with Crippen LogP contribution in [0.4, 0.5) is 0 Å². The third-order valence-electron chi connectivity index (χ3n) is 9.29. The van der Waals surface area contributed by atoms with Crippen LogP contribution in [0.15, 0.2) is 162 Å². The third-order valence-corrected chi connectivity index (χ3v) is 9.29. The van der Waals surface area contributed by atoms with Gasteiger partial charge in [0.25, 0.3) is 0 Å². The van der Waals surface area contributed by atoms with Crippen LogP contribution in [0.25, 0.3) is 99.8 Å². The van der Waals surface area contributed by atoms with Crippen LogP contribution < -0.4 is 0 Å². The van der Waals surface area contributed by atoms with E-state index in [1.54, 1.807) is 0 Å². The maximum absolute atomic E-state index is 6.52. The van der Waals surface area contributed by atoms with Gasteiger partial charge in [0.2, 0.25) is 5.89 Å².